The maximum atomic E-state index is 12.2. The van der Waals surface area contributed by atoms with Crippen molar-refractivity contribution in [2.45, 2.75) is 50.2 Å². The number of aromatic nitrogens is 3. The first-order valence-electron chi connectivity index (χ1n) is 8.24. The molecule has 0 radical (unpaired) electrons. The van der Waals surface area contributed by atoms with Gasteiger partial charge in [-0.2, -0.15) is 0 Å². The van der Waals surface area contributed by atoms with Crippen LogP contribution in [0.25, 0.3) is 0 Å². The molecule has 1 aromatic heterocycles. The van der Waals surface area contributed by atoms with Crippen molar-refractivity contribution >= 4 is 6.09 Å². The summed E-state index contributed by atoms with van der Waals surface area (Å²) >= 11 is 0. The first-order valence-corrected chi connectivity index (χ1v) is 8.24. The highest BCUT2D eigenvalue weighted by atomic mass is 16.6. The van der Waals surface area contributed by atoms with E-state index < -0.39 is 0 Å². The largest absolute Gasteiger partial charge is 0.446 e. The molecule has 120 valence electrons. The Morgan fingerprint density at radius 3 is 2.82 bits per heavy atom. The van der Waals surface area contributed by atoms with Gasteiger partial charge >= 0.3 is 6.09 Å². The lowest BCUT2D eigenvalue weighted by Crippen LogP contribution is -2.35. The zero-order valence-electron chi connectivity index (χ0n) is 12.7. The maximum Gasteiger partial charge on any atom is 0.410 e. The van der Waals surface area contributed by atoms with Crippen molar-refractivity contribution in [1.29, 1.82) is 0 Å². The SMILES string of the molecule is O=C(OC1CCOCC1)N1CCC(n2cc(C3CC3)nn2)C1. The van der Waals surface area contributed by atoms with Crippen molar-refractivity contribution in [1.82, 2.24) is 19.9 Å². The molecule has 4 rings (SSSR count). The molecular weight excluding hydrogens is 284 g/mol. The Balaban J connectivity index is 1.31. The molecule has 1 saturated carbocycles. The summed E-state index contributed by atoms with van der Waals surface area (Å²) in [7, 11) is 0. The molecule has 0 bridgehead atoms. The topological polar surface area (TPSA) is 69.5 Å². The lowest BCUT2D eigenvalue weighted by atomic mass is 10.2. The monoisotopic (exact) mass is 306 g/mol. The van der Waals surface area contributed by atoms with Gasteiger partial charge in [0, 0.05) is 38.0 Å². The maximum absolute atomic E-state index is 12.2. The molecule has 3 heterocycles. The third kappa shape index (κ3) is 2.95. The minimum absolute atomic E-state index is 0.00754. The third-order valence-corrected chi connectivity index (χ3v) is 4.76. The fraction of sp³-hybridized carbons (Fsp3) is 0.800. The summed E-state index contributed by atoms with van der Waals surface area (Å²) in [6.45, 7) is 2.76. The number of likely N-dealkylation sites (tertiary alicyclic amines) is 1. The molecule has 0 N–H and O–H groups in total. The summed E-state index contributed by atoms with van der Waals surface area (Å²) in [6, 6.07) is 0.224. The van der Waals surface area contributed by atoms with E-state index in [-0.39, 0.29) is 18.2 Å². The van der Waals surface area contributed by atoms with Crippen LogP contribution in [0.1, 0.15) is 49.8 Å². The Morgan fingerprint density at radius 1 is 1.23 bits per heavy atom. The average molecular weight is 306 g/mol. The summed E-state index contributed by atoms with van der Waals surface area (Å²) in [4.78, 5) is 14.0. The summed E-state index contributed by atoms with van der Waals surface area (Å²) in [5.41, 5.74) is 1.10. The van der Waals surface area contributed by atoms with E-state index in [2.05, 4.69) is 16.5 Å². The molecule has 1 atom stereocenters. The van der Waals surface area contributed by atoms with Crippen LogP contribution in [0.5, 0.6) is 0 Å². The summed E-state index contributed by atoms with van der Waals surface area (Å²) in [5, 5.41) is 8.49. The van der Waals surface area contributed by atoms with Crippen LogP contribution < -0.4 is 0 Å². The minimum Gasteiger partial charge on any atom is -0.446 e. The molecule has 1 unspecified atom stereocenters. The first-order chi connectivity index (χ1) is 10.8. The van der Waals surface area contributed by atoms with Crippen LogP contribution in [0.3, 0.4) is 0 Å². The van der Waals surface area contributed by atoms with Gasteiger partial charge in [-0.15, -0.1) is 5.10 Å². The van der Waals surface area contributed by atoms with E-state index in [4.69, 9.17) is 9.47 Å². The van der Waals surface area contributed by atoms with E-state index in [1.54, 1.807) is 4.90 Å². The molecular formula is C15H22N4O3. The molecule has 1 aliphatic carbocycles. The van der Waals surface area contributed by atoms with Crippen molar-refractivity contribution in [3.8, 4) is 0 Å². The van der Waals surface area contributed by atoms with Gasteiger partial charge in [-0.25, -0.2) is 9.48 Å². The van der Waals surface area contributed by atoms with Crippen LogP contribution in [-0.2, 0) is 9.47 Å². The molecule has 22 heavy (non-hydrogen) atoms. The molecule has 2 saturated heterocycles. The van der Waals surface area contributed by atoms with E-state index >= 15 is 0 Å². The predicted octanol–water partition coefficient (Wildman–Crippen LogP) is 1.72. The van der Waals surface area contributed by atoms with Gasteiger partial charge in [-0.05, 0) is 19.3 Å². The van der Waals surface area contributed by atoms with Gasteiger partial charge in [0.2, 0.25) is 0 Å². The predicted molar refractivity (Wildman–Crippen MR) is 77.5 cm³/mol. The second kappa shape index (κ2) is 5.87. The molecule has 2 aliphatic heterocycles. The van der Waals surface area contributed by atoms with Crippen molar-refractivity contribution < 1.29 is 14.3 Å². The van der Waals surface area contributed by atoms with E-state index in [9.17, 15) is 4.79 Å². The molecule has 7 heteroatoms. The van der Waals surface area contributed by atoms with Gasteiger partial charge in [0.15, 0.2) is 0 Å². The number of hydrogen-bond donors (Lipinski definition) is 0. The Morgan fingerprint density at radius 2 is 2.05 bits per heavy atom. The number of hydrogen-bond acceptors (Lipinski definition) is 5. The second-order valence-corrected chi connectivity index (χ2v) is 6.48. The normalized spacial score (nSPS) is 26.4. The molecule has 0 spiro atoms. The fourth-order valence-corrected chi connectivity index (χ4v) is 3.17. The number of carbonyl (C=O) groups excluding carboxylic acids is 1. The number of nitrogens with zero attached hydrogens (tertiary/aromatic N) is 4. The van der Waals surface area contributed by atoms with Crippen LogP contribution >= 0.6 is 0 Å². The highest BCUT2D eigenvalue weighted by molar-refractivity contribution is 5.68. The van der Waals surface area contributed by atoms with Gasteiger partial charge < -0.3 is 14.4 Å². The highest BCUT2D eigenvalue weighted by Crippen LogP contribution is 2.39. The molecule has 7 nitrogen and oxygen atoms in total. The van der Waals surface area contributed by atoms with Crippen LogP contribution in [0.2, 0.25) is 0 Å². The molecule has 1 aromatic rings. The van der Waals surface area contributed by atoms with Gasteiger partial charge in [0.05, 0.1) is 24.9 Å². The van der Waals surface area contributed by atoms with E-state index in [0.717, 1.165) is 31.5 Å². The lowest BCUT2D eigenvalue weighted by Gasteiger charge is -2.25. The fourth-order valence-electron chi connectivity index (χ4n) is 3.17. The van der Waals surface area contributed by atoms with Crippen LogP contribution in [0.4, 0.5) is 4.79 Å². The standard InChI is InChI=1S/C15H22N4O3/c20-15(22-13-4-7-21-8-5-13)18-6-3-12(9-18)19-10-14(16-17-19)11-1-2-11/h10-13H,1-9H2. The Kier molecular flexibility index (Phi) is 3.73. The van der Waals surface area contributed by atoms with Gasteiger partial charge in [0.25, 0.3) is 0 Å². The molecule has 3 fully saturated rings. The lowest BCUT2D eigenvalue weighted by molar-refractivity contribution is -0.00851. The number of ether oxygens (including phenoxy) is 2. The second-order valence-electron chi connectivity index (χ2n) is 6.48. The van der Waals surface area contributed by atoms with E-state index in [0.29, 0.717) is 25.7 Å². The smallest absolute Gasteiger partial charge is 0.410 e. The average Bonchev–Trinajstić information content (AvgIpc) is 3.08. The Hall–Kier alpha value is -1.63. The van der Waals surface area contributed by atoms with Crippen LogP contribution in [-0.4, -0.2) is 58.4 Å². The summed E-state index contributed by atoms with van der Waals surface area (Å²) in [5.74, 6) is 0.616. The Labute approximate surface area is 129 Å². The number of amides is 1. The zero-order chi connectivity index (χ0) is 14.9. The number of rotatable bonds is 3. The summed E-state index contributed by atoms with van der Waals surface area (Å²) < 4.78 is 12.8. The quantitative estimate of drug-likeness (QED) is 0.850. The minimum atomic E-state index is -0.197. The zero-order valence-corrected chi connectivity index (χ0v) is 12.7. The number of carbonyl (C=O) groups is 1. The van der Waals surface area contributed by atoms with E-state index in [1.165, 1.54) is 12.8 Å². The van der Waals surface area contributed by atoms with Gasteiger partial charge in [-0.1, -0.05) is 5.21 Å². The highest BCUT2D eigenvalue weighted by Gasteiger charge is 2.32. The van der Waals surface area contributed by atoms with Crippen molar-refractivity contribution in [3.05, 3.63) is 11.9 Å². The van der Waals surface area contributed by atoms with E-state index in [1.807, 2.05) is 4.68 Å². The van der Waals surface area contributed by atoms with Crippen LogP contribution in [0, 0.1) is 0 Å². The molecule has 1 amide bonds. The molecule has 0 aromatic carbocycles. The summed E-state index contributed by atoms with van der Waals surface area (Å²) in [6.07, 6.45) is 6.84. The van der Waals surface area contributed by atoms with Gasteiger partial charge in [0.1, 0.15) is 6.10 Å². The molecule has 3 aliphatic rings. The van der Waals surface area contributed by atoms with Gasteiger partial charge in [-0.3, -0.25) is 0 Å². The first kappa shape index (κ1) is 14.0. The van der Waals surface area contributed by atoms with Crippen molar-refractivity contribution in [2.24, 2.45) is 0 Å². The third-order valence-electron chi connectivity index (χ3n) is 4.76. The van der Waals surface area contributed by atoms with Crippen LogP contribution in [0.15, 0.2) is 6.20 Å². The Bertz CT molecular complexity index is 537. The van der Waals surface area contributed by atoms with Crippen molar-refractivity contribution in [3.63, 3.8) is 0 Å². The van der Waals surface area contributed by atoms with Crippen molar-refractivity contribution in [2.75, 3.05) is 26.3 Å².